The van der Waals surface area contributed by atoms with Crippen molar-refractivity contribution < 1.29 is 4.39 Å². The van der Waals surface area contributed by atoms with E-state index in [1.54, 1.807) is 11.3 Å². The average Bonchev–Trinajstić information content (AvgIpc) is 2.74. The van der Waals surface area contributed by atoms with E-state index in [1.807, 2.05) is 19.2 Å². The van der Waals surface area contributed by atoms with E-state index in [1.165, 1.54) is 22.7 Å². The van der Waals surface area contributed by atoms with E-state index >= 15 is 0 Å². The number of halogens is 1. The Balaban J connectivity index is 2.17. The number of benzene rings is 1. The summed E-state index contributed by atoms with van der Waals surface area (Å²) in [5, 5.41) is 4.31. The van der Waals surface area contributed by atoms with Crippen LogP contribution in [0.3, 0.4) is 0 Å². The molecule has 0 spiro atoms. The molecule has 0 atom stereocenters. The van der Waals surface area contributed by atoms with Gasteiger partial charge in [0.25, 0.3) is 0 Å². The minimum Gasteiger partial charge on any atom is -0.315 e. The number of nitrogens with zero attached hydrogens (tertiary/aromatic N) is 1. The summed E-state index contributed by atoms with van der Waals surface area (Å²) < 4.78 is 12.9. The second kappa shape index (κ2) is 6.95. The Morgan fingerprint density at radius 3 is 2.55 bits per heavy atom. The topological polar surface area (TPSA) is 24.9 Å². The van der Waals surface area contributed by atoms with Gasteiger partial charge in [-0.15, -0.1) is 11.3 Å². The first-order chi connectivity index (χ1) is 9.58. The third kappa shape index (κ3) is 4.12. The van der Waals surface area contributed by atoms with E-state index in [0.717, 1.165) is 30.0 Å². The summed E-state index contributed by atoms with van der Waals surface area (Å²) in [5.41, 5.74) is 2.31. The molecule has 0 radical (unpaired) electrons. The Labute approximate surface area is 124 Å². The van der Waals surface area contributed by atoms with Crippen LogP contribution in [-0.4, -0.2) is 12.0 Å². The lowest BCUT2D eigenvalue weighted by molar-refractivity contribution is 0.626. The molecule has 0 fully saturated rings. The van der Waals surface area contributed by atoms with Gasteiger partial charge in [-0.3, -0.25) is 0 Å². The van der Waals surface area contributed by atoms with Crippen LogP contribution in [0.5, 0.6) is 0 Å². The first-order valence-corrected chi connectivity index (χ1v) is 7.76. The molecule has 0 aliphatic carbocycles. The number of nitrogens with one attached hydrogen (secondary N) is 1. The van der Waals surface area contributed by atoms with Crippen molar-refractivity contribution in [2.45, 2.75) is 33.2 Å². The van der Waals surface area contributed by atoms with Gasteiger partial charge in [0.1, 0.15) is 5.82 Å². The van der Waals surface area contributed by atoms with Gasteiger partial charge in [-0.05, 0) is 37.1 Å². The monoisotopic (exact) mass is 292 g/mol. The largest absolute Gasteiger partial charge is 0.315 e. The van der Waals surface area contributed by atoms with Crippen LogP contribution in [0.25, 0.3) is 0 Å². The highest BCUT2D eigenvalue weighted by molar-refractivity contribution is 7.11. The molecule has 0 amide bonds. The van der Waals surface area contributed by atoms with Crippen molar-refractivity contribution in [3.63, 3.8) is 0 Å². The second-order valence-electron chi connectivity index (χ2n) is 5.41. The van der Waals surface area contributed by atoms with Gasteiger partial charge in [-0.25, -0.2) is 9.37 Å². The fraction of sp³-hybridized carbons (Fsp3) is 0.438. The minimum atomic E-state index is -0.191. The summed E-state index contributed by atoms with van der Waals surface area (Å²) in [7, 11) is 1.96. The van der Waals surface area contributed by atoms with Crippen molar-refractivity contribution in [3.05, 3.63) is 51.2 Å². The maximum Gasteiger partial charge on any atom is 0.123 e. The molecule has 2 nitrogen and oxygen atoms in total. The summed E-state index contributed by atoms with van der Waals surface area (Å²) in [6, 6.07) is 6.67. The molecule has 0 bridgehead atoms. The van der Waals surface area contributed by atoms with Crippen LogP contribution < -0.4 is 5.32 Å². The van der Waals surface area contributed by atoms with Crippen molar-refractivity contribution in [1.29, 1.82) is 0 Å². The van der Waals surface area contributed by atoms with Crippen molar-refractivity contribution >= 4 is 11.3 Å². The fourth-order valence-electron chi connectivity index (χ4n) is 2.13. The summed E-state index contributed by atoms with van der Waals surface area (Å²) in [4.78, 5) is 6.09. The number of rotatable bonds is 6. The lowest BCUT2D eigenvalue weighted by Gasteiger charge is -2.03. The molecular weight excluding hydrogens is 271 g/mol. The van der Waals surface area contributed by atoms with Crippen LogP contribution in [0.4, 0.5) is 4.39 Å². The highest BCUT2D eigenvalue weighted by Gasteiger charge is 2.12. The maximum absolute atomic E-state index is 12.9. The Bertz CT molecular complexity index is 546. The molecule has 1 aromatic carbocycles. The van der Waals surface area contributed by atoms with Crippen LogP contribution in [0.2, 0.25) is 0 Å². The number of hydrogen-bond donors (Lipinski definition) is 1. The van der Waals surface area contributed by atoms with Gasteiger partial charge in [0.2, 0.25) is 0 Å². The zero-order valence-corrected chi connectivity index (χ0v) is 13.1. The Morgan fingerprint density at radius 1 is 1.25 bits per heavy atom. The molecule has 20 heavy (non-hydrogen) atoms. The summed E-state index contributed by atoms with van der Waals surface area (Å²) in [6.45, 7) is 5.29. The number of thiazole rings is 1. The minimum absolute atomic E-state index is 0.191. The van der Waals surface area contributed by atoms with Crippen molar-refractivity contribution in [2.24, 2.45) is 5.92 Å². The highest BCUT2D eigenvalue weighted by atomic mass is 32.1. The molecule has 4 heteroatoms. The first kappa shape index (κ1) is 15.1. The van der Waals surface area contributed by atoms with Gasteiger partial charge >= 0.3 is 0 Å². The van der Waals surface area contributed by atoms with Crippen molar-refractivity contribution in [3.8, 4) is 0 Å². The van der Waals surface area contributed by atoms with Crippen molar-refractivity contribution in [1.82, 2.24) is 10.3 Å². The fourth-order valence-corrected chi connectivity index (χ4v) is 3.28. The maximum atomic E-state index is 12.9. The third-order valence-corrected chi connectivity index (χ3v) is 4.13. The molecule has 0 saturated heterocycles. The second-order valence-corrected chi connectivity index (χ2v) is 6.58. The SMILES string of the molecule is CNCc1sc(Cc2ccc(F)cc2)nc1CC(C)C. The molecule has 0 saturated carbocycles. The van der Waals surface area contributed by atoms with Gasteiger partial charge in [-0.2, -0.15) is 0 Å². The predicted molar refractivity (Wildman–Crippen MR) is 82.6 cm³/mol. The molecule has 0 aliphatic rings. The molecule has 2 rings (SSSR count). The molecule has 1 heterocycles. The Morgan fingerprint density at radius 2 is 1.95 bits per heavy atom. The standard InChI is InChI=1S/C16H21FN2S/c1-11(2)8-14-15(10-18-3)20-16(19-14)9-12-4-6-13(17)7-5-12/h4-7,11,18H,8-10H2,1-3H3. The molecule has 1 N–H and O–H groups in total. The molecule has 0 aliphatic heterocycles. The van der Waals surface area contributed by atoms with Gasteiger partial charge in [0, 0.05) is 17.8 Å². The van der Waals surface area contributed by atoms with Gasteiger partial charge in [0.15, 0.2) is 0 Å². The average molecular weight is 292 g/mol. The van der Waals surface area contributed by atoms with Gasteiger partial charge < -0.3 is 5.32 Å². The normalized spacial score (nSPS) is 11.2. The molecular formula is C16H21FN2S. The van der Waals surface area contributed by atoms with Crippen molar-refractivity contribution in [2.75, 3.05) is 7.05 Å². The first-order valence-electron chi connectivity index (χ1n) is 6.95. The van der Waals surface area contributed by atoms with Crippen LogP contribution in [0.15, 0.2) is 24.3 Å². The zero-order valence-electron chi connectivity index (χ0n) is 12.2. The zero-order chi connectivity index (χ0) is 14.5. The third-order valence-electron chi connectivity index (χ3n) is 3.03. The number of aromatic nitrogens is 1. The van der Waals surface area contributed by atoms with Crippen LogP contribution in [0.1, 0.15) is 35.0 Å². The molecule has 2 aromatic rings. The van der Waals surface area contributed by atoms with E-state index in [-0.39, 0.29) is 5.82 Å². The number of hydrogen-bond acceptors (Lipinski definition) is 3. The van der Waals surface area contributed by atoms with E-state index in [9.17, 15) is 4.39 Å². The van der Waals surface area contributed by atoms with Gasteiger partial charge in [-0.1, -0.05) is 26.0 Å². The summed E-state index contributed by atoms with van der Waals surface area (Å²) >= 11 is 1.76. The lowest BCUT2D eigenvalue weighted by atomic mass is 10.1. The van der Waals surface area contributed by atoms with E-state index < -0.39 is 0 Å². The highest BCUT2D eigenvalue weighted by Crippen LogP contribution is 2.23. The molecule has 108 valence electrons. The summed E-state index contributed by atoms with van der Waals surface area (Å²) in [6.07, 6.45) is 1.79. The van der Waals surface area contributed by atoms with E-state index in [4.69, 9.17) is 4.98 Å². The smallest absolute Gasteiger partial charge is 0.123 e. The van der Waals surface area contributed by atoms with E-state index in [2.05, 4.69) is 19.2 Å². The van der Waals surface area contributed by atoms with E-state index in [0.29, 0.717) is 5.92 Å². The van der Waals surface area contributed by atoms with Crippen LogP contribution in [0, 0.1) is 11.7 Å². The Hall–Kier alpha value is -1.26. The molecule has 1 aromatic heterocycles. The van der Waals surface area contributed by atoms with Gasteiger partial charge in [0.05, 0.1) is 10.7 Å². The molecule has 0 unspecified atom stereocenters. The van der Waals surface area contributed by atoms with Crippen LogP contribution in [-0.2, 0) is 19.4 Å². The quantitative estimate of drug-likeness (QED) is 0.876. The van der Waals surface area contributed by atoms with Crippen LogP contribution >= 0.6 is 11.3 Å². The Kier molecular flexibility index (Phi) is 5.26. The summed E-state index contributed by atoms with van der Waals surface area (Å²) in [5.74, 6) is 0.413. The lowest BCUT2D eigenvalue weighted by Crippen LogP contribution is -2.07. The predicted octanol–water partition coefficient (Wildman–Crippen LogP) is 3.79.